The first-order chi connectivity index (χ1) is 5.07. The van der Waals surface area contributed by atoms with Crippen molar-refractivity contribution in [3.8, 4) is 0 Å². The van der Waals surface area contributed by atoms with Crippen molar-refractivity contribution in [3.05, 3.63) is 0 Å². The molecular formula is C7H15N3O. The van der Waals surface area contributed by atoms with E-state index in [0.717, 1.165) is 26.2 Å². The molecule has 2 aliphatic rings. The van der Waals surface area contributed by atoms with Gasteiger partial charge in [0.2, 0.25) is 0 Å². The molecule has 0 atom stereocenters. The summed E-state index contributed by atoms with van der Waals surface area (Å²) in [7, 11) is 0. The first-order valence-electron chi connectivity index (χ1n) is 4.03. The van der Waals surface area contributed by atoms with Gasteiger partial charge in [-0.05, 0) is 6.92 Å². The van der Waals surface area contributed by atoms with Crippen molar-refractivity contribution in [2.24, 2.45) is 5.84 Å². The summed E-state index contributed by atoms with van der Waals surface area (Å²) in [4.78, 5) is 2.28. The monoisotopic (exact) mass is 157 g/mol. The summed E-state index contributed by atoms with van der Waals surface area (Å²) in [5, 5.41) is 11.2. The van der Waals surface area contributed by atoms with E-state index in [2.05, 4.69) is 4.90 Å². The molecule has 0 amide bonds. The number of β-amino-alcohol motifs (C(OH)–C–C–N with tert-alkyl or cyclic N) is 1. The Morgan fingerprint density at radius 2 is 2.00 bits per heavy atom. The van der Waals surface area contributed by atoms with Crippen molar-refractivity contribution in [1.29, 1.82) is 0 Å². The minimum absolute atomic E-state index is 0.435. The fourth-order valence-corrected chi connectivity index (χ4v) is 1.81. The molecule has 4 heteroatoms. The SMILES string of the molecule is CC1(O)CN(C2CN(N)C2)C1. The summed E-state index contributed by atoms with van der Waals surface area (Å²) in [6, 6.07) is 0.597. The first-order valence-corrected chi connectivity index (χ1v) is 4.03. The third-order valence-electron chi connectivity index (χ3n) is 2.49. The molecule has 0 aromatic rings. The van der Waals surface area contributed by atoms with E-state index >= 15 is 0 Å². The fraction of sp³-hybridized carbons (Fsp3) is 1.00. The van der Waals surface area contributed by atoms with E-state index < -0.39 is 5.60 Å². The Balaban J connectivity index is 1.76. The Bertz CT molecular complexity index is 157. The van der Waals surface area contributed by atoms with E-state index in [0.29, 0.717) is 6.04 Å². The predicted molar refractivity (Wildman–Crippen MR) is 41.7 cm³/mol. The molecule has 0 bridgehead atoms. The lowest BCUT2D eigenvalue weighted by molar-refractivity contribution is -0.128. The predicted octanol–water partition coefficient (Wildman–Crippen LogP) is -1.39. The maximum absolute atomic E-state index is 9.43. The van der Waals surface area contributed by atoms with Crippen LogP contribution in [0.25, 0.3) is 0 Å². The summed E-state index contributed by atoms with van der Waals surface area (Å²) < 4.78 is 0. The van der Waals surface area contributed by atoms with Crippen LogP contribution in [0.4, 0.5) is 0 Å². The topological polar surface area (TPSA) is 52.7 Å². The Kier molecular flexibility index (Phi) is 1.47. The van der Waals surface area contributed by atoms with Crippen LogP contribution in [0.5, 0.6) is 0 Å². The third kappa shape index (κ3) is 1.27. The molecule has 0 aliphatic carbocycles. The highest BCUT2D eigenvalue weighted by atomic mass is 16.3. The zero-order valence-corrected chi connectivity index (χ0v) is 6.82. The number of nitrogens with two attached hydrogens (primary N) is 1. The molecule has 0 saturated carbocycles. The maximum atomic E-state index is 9.43. The minimum atomic E-state index is -0.435. The van der Waals surface area contributed by atoms with Gasteiger partial charge in [-0.25, -0.2) is 5.01 Å². The second-order valence-corrected chi connectivity index (χ2v) is 4.01. The van der Waals surface area contributed by atoms with Crippen molar-refractivity contribution < 1.29 is 5.11 Å². The molecular weight excluding hydrogens is 142 g/mol. The van der Waals surface area contributed by atoms with Crippen LogP contribution in [-0.4, -0.2) is 52.8 Å². The van der Waals surface area contributed by atoms with Crippen molar-refractivity contribution in [2.45, 2.75) is 18.6 Å². The van der Waals surface area contributed by atoms with Crippen LogP contribution in [-0.2, 0) is 0 Å². The molecule has 0 spiro atoms. The van der Waals surface area contributed by atoms with E-state index in [1.807, 2.05) is 6.92 Å². The molecule has 64 valence electrons. The zero-order valence-electron chi connectivity index (χ0n) is 6.82. The quantitative estimate of drug-likeness (QED) is 0.460. The second kappa shape index (κ2) is 2.17. The van der Waals surface area contributed by atoms with Gasteiger partial charge >= 0.3 is 0 Å². The van der Waals surface area contributed by atoms with Crippen LogP contribution in [0.1, 0.15) is 6.92 Å². The molecule has 0 radical (unpaired) electrons. The highest BCUT2D eigenvalue weighted by Gasteiger charge is 2.43. The van der Waals surface area contributed by atoms with Gasteiger partial charge in [0.25, 0.3) is 0 Å². The van der Waals surface area contributed by atoms with Crippen LogP contribution in [0.2, 0.25) is 0 Å². The summed E-state index contributed by atoms with van der Waals surface area (Å²) in [5.74, 6) is 5.50. The lowest BCUT2D eigenvalue weighted by Crippen LogP contribution is -2.71. The van der Waals surface area contributed by atoms with Crippen LogP contribution in [0, 0.1) is 0 Å². The lowest BCUT2D eigenvalue weighted by Gasteiger charge is -2.53. The number of likely N-dealkylation sites (tertiary alicyclic amines) is 1. The number of rotatable bonds is 1. The third-order valence-corrected chi connectivity index (χ3v) is 2.49. The first kappa shape index (κ1) is 7.49. The van der Waals surface area contributed by atoms with Crippen LogP contribution in [0.3, 0.4) is 0 Å². The van der Waals surface area contributed by atoms with Gasteiger partial charge in [-0.15, -0.1) is 0 Å². The van der Waals surface area contributed by atoms with Crippen molar-refractivity contribution in [2.75, 3.05) is 26.2 Å². The van der Waals surface area contributed by atoms with Crippen LogP contribution < -0.4 is 5.84 Å². The van der Waals surface area contributed by atoms with Crippen molar-refractivity contribution in [3.63, 3.8) is 0 Å². The average Bonchev–Trinajstić information content (AvgIpc) is 1.75. The normalized spacial score (nSPS) is 33.0. The Labute approximate surface area is 66.5 Å². The van der Waals surface area contributed by atoms with Gasteiger partial charge in [-0.3, -0.25) is 10.7 Å². The molecule has 11 heavy (non-hydrogen) atoms. The molecule has 2 rings (SSSR count). The maximum Gasteiger partial charge on any atom is 0.0872 e. The molecule has 3 N–H and O–H groups in total. The number of nitrogens with zero attached hydrogens (tertiary/aromatic N) is 2. The Morgan fingerprint density at radius 1 is 1.45 bits per heavy atom. The van der Waals surface area contributed by atoms with Gasteiger partial charge in [-0.2, -0.15) is 0 Å². The Hall–Kier alpha value is -0.160. The lowest BCUT2D eigenvalue weighted by atomic mass is 9.93. The summed E-state index contributed by atoms with van der Waals surface area (Å²) >= 11 is 0. The second-order valence-electron chi connectivity index (χ2n) is 4.01. The highest BCUT2D eigenvalue weighted by Crippen LogP contribution is 2.25. The smallest absolute Gasteiger partial charge is 0.0872 e. The van der Waals surface area contributed by atoms with Crippen LogP contribution in [0.15, 0.2) is 0 Å². The summed E-state index contributed by atoms with van der Waals surface area (Å²) in [6.07, 6.45) is 0. The zero-order chi connectivity index (χ0) is 8.06. The molecule has 0 unspecified atom stereocenters. The largest absolute Gasteiger partial charge is 0.388 e. The minimum Gasteiger partial charge on any atom is -0.388 e. The number of hydrazine groups is 1. The standard InChI is InChI=1S/C7H15N3O/c1-7(11)4-9(5-7)6-2-10(8)3-6/h6,11H,2-5,8H2,1H3. The van der Waals surface area contributed by atoms with E-state index in [4.69, 9.17) is 5.84 Å². The van der Waals surface area contributed by atoms with E-state index in [-0.39, 0.29) is 0 Å². The molecule has 2 heterocycles. The molecule has 4 nitrogen and oxygen atoms in total. The molecule has 0 aromatic heterocycles. The summed E-state index contributed by atoms with van der Waals surface area (Å²) in [6.45, 7) is 5.41. The fourth-order valence-electron chi connectivity index (χ4n) is 1.81. The van der Waals surface area contributed by atoms with Gasteiger partial charge < -0.3 is 5.11 Å². The summed E-state index contributed by atoms with van der Waals surface area (Å²) in [5.41, 5.74) is -0.435. The van der Waals surface area contributed by atoms with Crippen molar-refractivity contribution in [1.82, 2.24) is 9.91 Å². The highest BCUT2D eigenvalue weighted by molar-refractivity contribution is 4.98. The molecule has 0 aromatic carbocycles. The molecule has 2 saturated heterocycles. The Morgan fingerprint density at radius 3 is 2.36 bits per heavy atom. The van der Waals surface area contributed by atoms with Gasteiger partial charge in [0.1, 0.15) is 0 Å². The van der Waals surface area contributed by atoms with Crippen LogP contribution >= 0.6 is 0 Å². The molecule has 2 fully saturated rings. The van der Waals surface area contributed by atoms with Gasteiger partial charge in [0, 0.05) is 32.2 Å². The average molecular weight is 157 g/mol. The number of hydrogen-bond donors (Lipinski definition) is 2. The van der Waals surface area contributed by atoms with Crippen molar-refractivity contribution >= 4 is 0 Å². The van der Waals surface area contributed by atoms with Gasteiger partial charge in [0.15, 0.2) is 0 Å². The number of aliphatic hydroxyl groups is 1. The number of hydrogen-bond acceptors (Lipinski definition) is 4. The van der Waals surface area contributed by atoms with E-state index in [9.17, 15) is 5.11 Å². The van der Waals surface area contributed by atoms with E-state index in [1.54, 1.807) is 5.01 Å². The molecule has 2 aliphatic heterocycles. The van der Waals surface area contributed by atoms with E-state index in [1.165, 1.54) is 0 Å². The van der Waals surface area contributed by atoms with Gasteiger partial charge in [0.05, 0.1) is 5.60 Å². The van der Waals surface area contributed by atoms with Gasteiger partial charge in [-0.1, -0.05) is 0 Å².